The second-order valence-corrected chi connectivity index (χ2v) is 8.73. The molecule has 0 atom stereocenters. The van der Waals surface area contributed by atoms with Crippen LogP contribution in [0.15, 0.2) is 76.6 Å². The van der Waals surface area contributed by atoms with Crippen molar-refractivity contribution in [1.82, 2.24) is 0 Å². The fourth-order valence-electron chi connectivity index (χ4n) is 3.50. The molecule has 5 nitrogen and oxygen atoms in total. The molecule has 1 amide bonds. The van der Waals surface area contributed by atoms with Crippen LogP contribution in [0, 0.1) is 13.8 Å². The van der Waals surface area contributed by atoms with Crippen LogP contribution < -0.4 is 14.4 Å². The lowest BCUT2D eigenvalue weighted by atomic mass is 10.1. The summed E-state index contributed by atoms with van der Waals surface area (Å²) in [6.07, 6.45) is 1.88. The molecule has 2 aliphatic rings. The molecule has 2 aliphatic heterocycles. The van der Waals surface area contributed by atoms with Crippen molar-refractivity contribution < 1.29 is 14.3 Å². The van der Waals surface area contributed by atoms with Crippen molar-refractivity contribution >= 4 is 40.3 Å². The van der Waals surface area contributed by atoms with E-state index in [2.05, 4.69) is 0 Å². The van der Waals surface area contributed by atoms with Crippen molar-refractivity contribution in [3.63, 3.8) is 0 Å². The highest BCUT2D eigenvalue weighted by molar-refractivity contribution is 8.19. The summed E-state index contributed by atoms with van der Waals surface area (Å²) in [7, 11) is 0. The van der Waals surface area contributed by atoms with Gasteiger partial charge in [0.15, 0.2) is 16.7 Å². The smallest absolute Gasteiger partial charge is 0.271 e. The van der Waals surface area contributed by atoms with E-state index in [9.17, 15) is 4.79 Å². The number of carbonyl (C=O) groups excluding carboxylic acids is 1. The molecule has 3 aromatic rings. The molecule has 5 rings (SSSR count). The number of rotatable bonds is 3. The third-order valence-corrected chi connectivity index (χ3v) is 6.19. The maximum absolute atomic E-state index is 13.4. The van der Waals surface area contributed by atoms with Crippen molar-refractivity contribution in [2.75, 3.05) is 18.1 Å². The van der Waals surface area contributed by atoms with Crippen LogP contribution >= 0.6 is 11.8 Å². The summed E-state index contributed by atoms with van der Waals surface area (Å²) in [4.78, 5) is 20.5. The van der Waals surface area contributed by atoms with Crippen LogP contribution in [0.25, 0.3) is 6.08 Å². The number of aryl methyl sites for hydroxylation is 2. The van der Waals surface area contributed by atoms with E-state index in [1.54, 1.807) is 4.90 Å². The highest BCUT2D eigenvalue weighted by atomic mass is 32.2. The van der Waals surface area contributed by atoms with E-state index in [4.69, 9.17) is 14.5 Å². The number of hydrogen-bond donors (Lipinski definition) is 0. The molecule has 2 heterocycles. The number of ether oxygens (including phenoxy) is 2. The number of aliphatic imine (C=N–C) groups is 1. The Bertz CT molecular complexity index is 1230. The maximum atomic E-state index is 13.4. The van der Waals surface area contributed by atoms with Gasteiger partial charge in [0.1, 0.15) is 13.2 Å². The SMILES string of the molecule is Cc1ccc(/N=C2\S/C(=C\c3ccc4c(c3)OCCO4)C(=O)N2c2ccc(C)cc2)cc1. The Morgan fingerprint density at radius 2 is 1.53 bits per heavy atom. The third-order valence-electron chi connectivity index (χ3n) is 5.22. The Hall–Kier alpha value is -3.51. The van der Waals surface area contributed by atoms with Gasteiger partial charge in [-0.15, -0.1) is 0 Å². The second-order valence-electron chi connectivity index (χ2n) is 7.72. The largest absolute Gasteiger partial charge is 0.486 e. The zero-order chi connectivity index (χ0) is 22.1. The van der Waals surface area contributed by atoms with Gasteiger partial charge in [-0.1, -0.05) is 41.5 Å². The number of hydrogen-bond acceptors (Lipinski definition) is 5. The summed E-state index contributed by atoms with van der Waals surface area (Å²) in [5.41, 5.74) is 4.79. The molecule has 0 N–H and O–H groups in total. The predicted octanol–water partition coefficient (Wildman–Crippen LogP) is 5.88. The first kappa shape index (κ1) is 20.4. The fourth-order valence-corrected chi connectivity index (χ4v) is 4.50. The molecule has 0 radical (unpaired) electrons. The van der Waals surface area contributed by atoms with E-state index in [1.807, 2.05) is 86.7 Å². The van der Waals surface area contributed by atoms with Gasteiger partial charge in [-0.3, -0.25) is 9.69 Å². The molecule has 0 unspecified atom stereocenters. The van der Waals surface area contributed by atoms with Crippen LogP contribution in [-0.4, -0.2) is 24.3 Å². The van der Waals surface area contributed by atoms with Gasteiger partial charge in [0.25, 0.3) is 5.91 Å². The average molecular weight is 443 g/mol. The molecule has 32 heavy (non-hydrogen) atoms. The summed E-state index contributed by atoms with van der Waals surface area (Å²) in [5, 5.41) is 0.631. The molecule has 3 aromatic carbocycles. The van der Waals surface area contributed by atoms with Gasteiger partial charge < -0.3 is 9.47 Å². The molecular weight excluding hydrogens is 420 g/mol. The van der Waals surface area contributed by atoms with Crippen molar-refractivity contribution in [3.05, 3.63) is 88.3 Å². The van der Waals surface area contributed by atoms with Crippen LogP contribution in [-0.2, 0) is 4.79 Å². The Labute approximate surface area is 191 Å². The van der Waals surface area contributed by atoms with Crippen molar-refractivity contribution in [3.8, 4) is 11.5 Å². The number of anilines is 1. The maximum Gasteiger partial charge on any atom is 0.271 e. The van der Waals surface area contributed by atoms with Gasteiger partial charge in [0, 0.05) is 0 Å². The van der Waals surface area contributed by atoms with Crippen LogP contribution in [0.2, 0.25) is 0 Å². The molecule has 0 aromatic heterocycles. The van der Waals surface area contributed by atoms with Crippen LogP contribution in [0.5, 0.6) is 11.5 Å². The highest BCUT2D eigenvalue weighted by Gasteiger charge is 2.34. The van der Waals surface area contributed by atoms with Gasteiger partial charge >= 0.3 is 0 Å². The third kappa shape index (κ3) is 4.14. The standard InChI is InChI=1S/C26H22N2O3S/c1-17-3-8-20(9-4-17)27-26-28(21-10-5-18(2)6-11-21)25(29)24(32-26)16-19-7-12-22-23(15-19)31-14-13-30-22/h3-12,15-16H,13-14H2,1-2H3/b24-16-,27-26-. The van der Waals surface area contributed by atoms with Gasteiger partial charge in [0.2, 0.25) is 0 Å². The van der Waals surface area contributed by atoms with Crippen molar-refractivity contribution in [2.24, 2.45) is 4.99 Å². The second kappa shape index (κ2) is 8.55. The lowest BCUT2D eigenvalue weighted by molar-refractivity contribution is -0.113. The minimum absolute atomic E-state index is 0.0976. The van der Waals surface area contributed by atoms with E-state index in [0.717, 1.165) is 28.3 Å². The molecule has 6 heteroatoms. The molecule has 0 spiro atoms. The molecule has 1 saturated heterocycles. The van der Waals surface area contributed by atoms with E-state index in [0.29, 0.717) is 29.0 Å². The van der Waals surface area contributed by atoms with E-state index in [1.165, 1.54) is 17.3 Å². The minimum atomic E-state index is -0.0976. The first-order chi connectivity index (χ1) is 15.6. The molecule has 1 fully saturated rings. The topological polar surface area (TPSA) is 51.1 Å². The zero-order valence-electron chi connectivity index (χ0n) is 17.9. The monoisotopic (exact) mass is 442 g/mol. The van der Waals surface area contributed by atoms with E-state index >= 15 is 0 Å². The average Bonchev–Trinajstić information content (AvgIpc) is 3.10. The number of amides is 1. The van der Waals surface area contributed by atoms with Crippen LogP contribution in [0.4, 0.5) is 11.4 Å². The number of amidine groups is 1. The van der Waals surface area contributed by atoms with Crippen LogP contribution in [0.3, 0.4) is 0 Å². The Morgan fingerprint density at radius 1 is 0.875 bits per heavy atom. The summed E-state index contributed by atoms with van der Waals surface area (Å²) >= 11 is 1.37. The lowest BCUT2D eigenvalue weighted by Crippen LogP contribution is -2.28. The predicted molar refractivity (Wildman–Crippen MR) is 130 cm³/mol. The first-order valence-electron chi connectivity index (χ1n) is 10.4. The summed E-state index contributed by atoms with van der Waals surface area (Å²) in [6.45, 7) is 5.14. The first-order valence-corrected chi connectivity index (χ1v) is 11.2. The number of carbonyl (C=O) groups is 1. The number of thioether (sulfide) groups is 1. The summed E-state index contributed by atoms with van der Waals surface area (Å²) in [6, 6.07) is 21.6. The fraction of sp³-hybridized carbons (Fsp3) is 0.154. The highest BCUT2D eigenvalue weighted by Crippen LogP contribution is 2.38. The van der Waals surface area contributed by atoms with Gasteiger partial charge in [-0.2, -0.15) is 0 Å². The van der Waals surface area contributed by atoms with E-state index in [-0.39, 0.29) is 5.91 Å². The van der Waals surface area contributed by atoms with Gasteiger partial charge in [0.05, 0.1) is 16.3 Å². The van der Waals surface area contributed by atoms with Gasteiger partial charge in [-0.25, -0.2) is 4.99 Å². The molecule has 0 aliphatic carbocycles. The molecule has 160 valence electrons. The summed E-state index contributed by atoms with van der Waals surface area (Å²) in [5.74, 6) is 1.33. The normalized spacial score (nSPS) is 17.9. The molecule has 0 saturated carbocycles. The minimum Gasteiger partial charge on any atom is -0.486 e. The summed E-state index contributed by atoms with van der Waals surface area (Å²) < 4.78 is 11.3. The van der Waals surface area contributed by atoms with Crippen LogP contribution in [0.1, 0.15) is 16.7 Å². The number of benzene rings is 3. The number of fused-ring (bicyclic) bond motifs is 1. The quantitative estimate of drug-likeness (QED) is 0.475. The lowest BCUT2D eigenvalue weighted by Gasteiger charge is -2.18. The van der Waals surface area contributed by atoms with Crippen molar-refractivity contribution in [1.29, 1.82) is 0 Å². The Morgan fingerprint density at radius 3 is 2.25 bits per heavy atom. The Kier molecular flexibility index (Phi) is 5.45. The van der Waals surface area contributed by atoms with Gasteiger partial charge in [-0.05, 0) is 73.6 Å². The zero-order valence-corrected chi connectivity index (χ0v) is 18.7. The van der Waals surface area contributed by atoms with Crippen molar-refractivity contribution in [2.45, 2.75) is 13.8 Å². The molecular formula is C26H22N2O3S. The number of nitrogens with zero attached hydrogens (tertiary/aromatic N) is 2. The molecule has 0 bridgehead atoms. The Balaban J connectivity index is 1.53. The van der Waals surface area contributed by atoms with E-state index < -0.39 is 0 Å².